The van der Waals surface area contributed by atoms with Gasteiger partial charge in [-0.1, -0.05) is 6.92 Å². The molecule has 0 spiro atoms. The number of rotatable bonds is 3. The number of carbonyl (C=O) groups excluding carboxylic acids is 1. The predicted octanol–water partition coefficient (Wildman–Crippen LogP) is 2.92. The van der Waals surface area contributed by atoms with Crippen molar-refractivity contribution in [3.63, 3.8) is 0 Å². The van der Waals surface area contributed by atoms with Crippen LogP contribution in [0.2, 0.25) is 0 Å². The van der Waals surface area contributed by atoms with Crippen LogP contribution >= 0.6 is 0 Å². The quantitative estimate of drug-likeness (QED) is 0.616. The topological polar surface area (TPSA) is 66.7 Å². The summed E-state index contributed by atoms with van der Waals surface area (Å²) in [6.07, 6.45) is -3.74. The molecule has 1 aromatic carbocycles. The van der Waals surface area contributed by atoms with E-state index < -0.39 is 22.4 Å². The van der Waals surface area contributed by atoms with Gasteiger partial charge in [-0.2, -0.15) is 13.2 Å². The highest BCUT2D eigenvalue weighted by atomic mass is 19.4. The molecule has 1 heterocycles. The lowest BCUT2D eigenvalue weighted by atomic mass is 10.1. The van der Waals surface area contributed by atoms with E-state index >= 15 is 0 Å². The molecule has 0 N–H and O–H groups in total. The smallest absolute Gasteiger partial charge is 0.362 e. The van der Waals surface area contributed by atoms with E-state index in [4.69, 9.17) is 0 Å². The van der Waals surface area contributed by atoms with Crippen molar-refractivity contribution in [2.45, 2.75) is 19.5 Å². The minimum absolute atomic E-state index is 0.0759. The highest BCUT2D eigenvalue weighted by Crippen LogP contribution is 2.40. The summed E-state index contributed by atoms with van der Waals surface area (Å²) in [4.78, 5) is 26.0. The van der Waals surface area contributed by atoms with Crippen molar-refractivity contribution in [1.29, 1.82) is 0 Å². The Morgan fingerprint density at radius 3 is 2.32 bits per heavy atom. The molecular weight excluding hydrogens is 339 g/mol. The van der Waals surface area contributed by atoms with Crippen LogP contribution in [0.5, 0.6) is 0 Å². The van der Waals surface area contributed by atoms with E-state index in [1.54, 1.807) is 9.80 Å². The largest absolute Gasteiger partial charge is 0.416 e. The zero-order valence-corrected chi connectivity index (χ0v) is 13.6. The number of nitro benzene ring substituents is 1. The highest BCUT2D eigenvalue weighted by molar-refractivity contribution is 5.82. The fraction of sp³-hybridized carbons (Fsp3) is 0.562. The third kappa shape index (κ3) is 3.54. The maximum atomic E-state index is 12.8. The van der Waals surface area contributed by atoms with Crippen LogP contribution in [0.25, 0.3) is 0 Å². The fourth-order valence-corrected chi connectivity index (χ4v) is 3.18. The number of alkyl halides is 3. The van der Waals surface area contributed by atoms with E-state index in [1.807, 2.05) is 6.92 Å². The molecule has 136 valence electrons. The highest BCUT2D eigenvalue weighted by Gasteiger charge is 2.42. The van der Waals surface area contributed by atoms with Gasteiger partial charge in [-0.05, 0) is 24.5 Å². The van der Waals surface area contributed by atoms with Gasteiger partial charge in [-0.3, -0.25) is 14.9 Å². The Kier molecular flexibility index (Phi) is 4.34. The van der Waals surface area contributed by atoms with Crippen LogP contribution in [0, 0.1) is 22.0 Å². The second-order valence-electron chi connectivity index (χ2n) is 6.59. The number of halogens is 3. The maximum absolute atomic E-state index is 12.8. The zero-order chi connectivity index (χ0) is 18.4. The number of piperazine rings is 1. The Labute approximate surface area is 142 Å². The Balaban J connectivity index is 1.74. The first-order chi connectivity index (χ1) is 11.7. The van der Waals surface area contributed by atoms with Gasteiger partial charge < -0.3 is 9.80 Å². The maximum Gasteiger partial charge on any atom is 0.416 e. The first-order valence-corrected chi connectivity index (χ1v) is 8.08. The molecule has 3 rings (SSSR count). The molecule has 0 bridgehead atoms. The predicted molar refractivity (Wildman–Crippen MR) is 84.2 cm³/mol. The van der Waals surface area contributed by atoms with Gasteiger partial charge >= 0.3 is 6.18 Å². The first-order valence-electron chi connectivity index (χ1n) is 8.08. The number of hydrogen-bond acceptors (Lipinski definition) is 4. The third-order valence-corrected chi connectivity index (χ3v) is 4.86. The van der Waals surface area contributed by atoms with Crippen molar-refractivity contribution in [2.24, 2.45) is 11.8 Å². The van der Waals surface area contributed by atoms with Gasteiger partial charge in [-0.25, -0.2) is 0 Å². The summed E-state index contributed by atoms with van der Waals surface area (Å²) in [7, 11) is 0. The Morgan fingerprint density at radius 1 is 1.24 bits per heavy atom. The average molecular weight is 357 g/mol. The van der Waals surface area contributed by atoms with Crippen LogP contribution in [0.1, 0.15) is 18.9 Å². The molecule has 1 aromatic rings. The average Bonchev–Trinajstić information content (AvgIpc) is 3.29. The molecule has 1 saturated heterocycles. The molecule has 6 nitrogen and oxygen atoms in total. The van der Waals surface area contributed by atoms with E-state index in [9.17, 15) is 28.1 Å². The minimum Gasteiger partial charge on any atom is -0.362 e. The Hall–Kier alpha value is -2.32. The summed E-state index contributed by atoms with van der Waals surface area (Å²) in [5.74, 6) is 0.586. The van der Waals surface area contributed by atoms with Crippen molar-refractivity contribution in [1.82, 2.24) is 4.90 Å². The molecule has 0 unspecified atom stereocenters. The normalized spacial score (nSPS) is 23.5. The zero-order valence-electron chi connectivity index (χ0n) is 13.6. The van der Waals surface area contributed by atoms with Crippen LogP contribution in [-0.2, 0) is 11.0 Å². The molecule has 25 heavy (non-hydrogen) atoms. The molecular formula is C16H18F3N3O3. The third-order valence-electron chi connectivity index (χ3n) is 4.86. The van der Waals surface area contributed by atoms with E-state index in [2.05, 4.69) is 0 Å². The number of anilines is 1. The summed E-state index contributed by atoms with van der Waals surface area (Å²) in [6, 6.07) is 2.56. The van der Waals surface area contributed by atoms with Crippen molar-refractivity contribution < 1.29 is 22.9 Å². The van der Waals surface area contributed by atoms with Crippen molar-refractivity contribution in [3.05, 3.63) is 33.9 Å². The van der Waals surface area contributed by atoms with Crippen molar-refractivity contribution >= 4 is 17.3 Å². The molecule has 1 saturated carbocycles. The summed E-state index contributed by atoms with van der Waals surface area (Å²) in [5.41, 5.74) is -1.45. The van der Waals surface area contributed by atoms with Crippen LogP contribution in [0.15, 0.2) is 18.2 Å². The van der Waals surface area contributed by atoms with Crippen molar-refractivity contribution in [2.75, 3.05) is 31.1 Å². The molecule has 0 aromatic heterocycles. The number of amides is 1. The lowest BCUT2D eigenvalue weighted by molar-refractivity contribution is -0.384. The molecule has 9 heteroatoms. The van der Waals surface area contributed by atoms with Crippen molar-refractivity contribution in [3.8, 4) is 0 Å². The van der Waals surface area contributed by atoms with Gasteiger partial charge in [0, 0.05) is 38.2 Å². The van der Waals surface area contributed by atoms with Crippen LogP contribution in [0.3, 0.4) is 0 Å². The van der Waals surface area contributed by atoms with E-state index in [-0.39, 0.29) is 17.5 Å². The SMILES string of the molecule is C[C@@H]1C[C@H]1C(=O)N1CCN(c2ccc(C(F)(F)F)cc2[N+](=O)[O-])CC1. The van der Waals surface area contributed by atoms with Gasteiger partial charge in [0.25, 0.3) is 5.69 Å². The number of hydrogen-bond donors (Lipinski definition) is 0. The lowest BCUT2D eigenvalue weighted by Gasteiger charge is -2.36. The second kappa shape index (κ2) is 6.20. The summed E-state index contributed by atoms with van der Waals surface area (Å²) in [6.45, 7) is 3.57. The molecule has 2 aliphatic rings. The van der Waals surface area contributed by atoms with E-state index in [1.165, 1.54) is 0 Å². The summed E-state index contributed by atoms with van der Waals surface area (Å²) < 4.78 is 38.3. The molecule has 2 fully saturated rings. The molecule has 1 amide bonds. The lowest BCUT2D eigenvalue weighted by Crippen LogP contribution is -2.49. The van der Waals surface area contributed by atoms with E-state index in [0.29, 0.717) is 38.2 Å². The van der Waals surface area contributed by atoms with Gasteiger partial charge in [0.05, 0.1) is 10.5 Å². The Bertz CT molecular complexity index is 700. The summed E-state index contributed by atoms with van der Waals surface area (Å²) in [5, 5.41) is 11.2. The fourth-order valence-electron chi connectivity index (χ4n) is 3.18. The molecule has 0 radical (unpaired) electrons. The number of nitro groups is 1. The molecule has 1 aliphatic carbocycles. The van der Waals surface area contributed by atoms with Crippen LogP contribution in [0.4, 0.5) is 24.5 Å². The number of nitrogens with zero attached hydrogens (tertiary/aromatic N) is 3. The van der Waals surface area contributed by atoms with Gasteiger partial charge in [0.2, 0.25) is 5.91 Å². The standard InChI is InChI=1S/C16H18F3N3O3/c1-10-8-12(10)15(23)21-6-4-20(5-7-21)13-3-2-11(16(17,18)19)9-14(13)22(24)25/h2-3,9-10,12H,4-8H2,1H3/t10-,12-/m1/s1. The summed E-state index contributed by atoms with van der Waals surface area (Å²) >= 11 is 0. The number of benzene rings is 1. The van der Waals surface area contributed by atoms with Crippen LogP contribution in [-0.4, -0.2) is 41.9 Å². The van der Waals surface area contributed by atoms with Crippen LogP contribution < -0.4 is 4.90 Å². The number of carbonyl (C=O) groups is 1. The van der Waals surface area contributed by atoms with E-state index in [0.717, 1.165) is 18.6 Å². The Morgan fingerprint density at radius 2 is 1.84 bits per heavy atom. The second-order valence-corrected chi connectivity index (χ2v) is 6.59. The minimum atomic E-state index is -4.63. The van der Waals surface area contributed by atoms with Gasteiger partial charge in [0.15, 0.2) is 0 Å². The monoisotopic (exact) mass is 357 g/mol. The van der Waals surface area contributed by atoms with Gasteiger partial charge in [0.1, 0.15) is 5.69 Å². The first kappa shape index (κ1) is 17.5. The molecule has 2 atom stereocenters. The van der Waals surface area contributed by atoms with Gasteiger partial charge in [-0.15, -0.1) is 0 Å². The molecule has 1 aliphatic heterocycles.